The van der Waals surface area contributed by atoms with E-state index in [0.29, 0.717) is 19.4 Å². The first-order valence-electron chi connectivity index (χ1n) is 14.9. The van der Waals surface area contributed by atoms with Gasteiger partial charge in [0.1, 0.15) is 6.10 Å². The number of methoxy groups -OCH3 is 1. The molecule has 3 heterocycles. The number of furan rings is 1. The van der Waals surface area contributed by atoms with Gasteiger partial charge >= 0.3 is 11.9 Å². The summed E-state index contributed by atoms with van der Waals surface area (Å²) >= 11 is 0. The number of allylic oxidation sites excluding steroid dienone is 1. The Hall–Kier alpha value is -2.16. The predicted molar refractivity (Wildman–Crippen MR) is 145 cm³/mol. The Balaban J connectivity index is 1.53. The van der Waals surface area contributed by atoms with Crippen molar-refractivity contribution in [3.63, 3.8) is 0 Å². The highest BCUT2D eigenvalue weighted by Gasteiger charge is 2.78. The van der Waals surface area contributed by atoms with Crippen molar-refractivity contribution in [1.82, 2.24) is 0 Å². The van der Waals surface area contributed by atoms with E-state index >= 15 is 0 Å². The lowest BCUT2D eigenvalue weighted by Gasteiger charge is -2.65. The highest BCUT2D eigenvalue weighted by molar-refractivity contribution is 5.72. The van der Waals surface area contributed by atoms with Crippen LogP contribution in [0.3, 0.4) is 0 Å². The molecule has 0 bridgehead atoms. The number of hydrogen-bond donors (Lipinski definition) is 1. The molecular formula is C32H44O8. The average Bonchev–Trinajstić information content (AvgIpc) is 3.70. The number of aliphatic hydroxyl groups excluding tert-OH is 1. The highest BCUT2D eigenvalue weighted by atomic mass is 16.6. The van der Waals surface area contributed by atoms with E-state index in [0.717, 1.165) is 12.0 Å². The molecule has 0 aromatic carbocycles. The summed E-state index contributed by atoms with van der Waals surface area (Å²) in [6.07, 6.45) is 3.46. The highest BCUT2D eigenvalue weighted by Crippen LogP contribution is 2.73. The topological polar surface area (TPSA) is 104 Å². The Morgan fingerprint density at radius 3 is 2.62 bits per heavy atom. The summed E-state index contributed by atoms with van der Waals surface area (Å²) in [6.45, 7) is 12.9. The second-order valence-electron chi connectivity index (χ2n) is 13.7. The van der Waals surface area contributed by atoms with Gasteiger partial charge in [-0.25, -0.2) is 0 Å². The van der Waals surface area contributed by atoms with E-state index in [1.165, 1.54) is 18.3 Å². The van der Waals surface area contributed by atoms with Crippen molar-refractivity contribution < 1.29 is 38.1 Å². The van der Waals surface area contributed by atoms with Gasteiger partial charge in [0.2, 0.25) is 0 Å². The summed E-state index contributed by atoms with van der Waals surface area (Å²) in [5.41, 5.74) is 1.81. The molecule has 220 valence electrons. The number of hydrogen-bond acceptors (Lipinski definition) is 8. The van der Waals surface area contributed by atoms with Crippen molar-refractivity contribution in [2.24, 2.45) is 34.0 Å². The van der Waals surface area contributed by atoms with Gasteiger partial charge in [0.25, 0.3) is 0 Å². The first-order chi connectivity index (χ1) is 18.9. The van der Waals surface area contributed by atoms with Gasteiger partial charge in [-0.15, -0.1) is 0 Å². The summed E-state index contributed by atoms with van der Waals surface area (Å²) in [6, 6.07) is 2.01. The van der Waals surface area contributed by atoms with Crippen molar-refractivity contribution in [2.45, 2.75) is 104 Å². The molecule has 12 atom stereocenters. The van der Waals surface area contributed by atoms with Crippen LogP contribution in [0.15, 0.2) is 34.2 Å². The Morgan fingerprint density at radius 2 is 1.98 bits per heavy atom. The molecule has 4 fully saturated rings. The lowest BCUT2D eigenvalue weighted by Crippen LogP contribution is -2.70. The maximum absolute atomic E-state index is 13.3. The van der Waals surface area contributed by atoms with Crippen molar-refractivity contribution in [3.8, 4) is 0 Å². The maximum atomic E-state index is 13.3. The van der Waals surface area contributed by atoms with Crippen LogP contribution in [0.4, 0.5) is 0 Å². The maximum Gasteiger partial charge on any atom is 0.308 e. The zero-order chi connectivity index (χ0) is 28.8. The van der Waals surface area contributed by atoms with E-state index in [2.05, 4.69) is 27.7 Å². The number of esters is 2. The molecule has 2 aliphatic heterocycles. The molecule has 3 aliphatic carbocycles. The summed E-state index contributed by atoms with van der Waals surface area (Å²) in [4.78, 5) is 26.4. The van der Waals surface area contributed by atoms with Crippen LogP contribution < -0.4 is 0 Å². The number of fused-ring (bicyclic) bond motifs is 4. The van der Waals surface area contributed by atoms with Crippen LogP contribution >= 0.6 is 0 Å². The molecular weight excluding hydrogens is 512 g/mol. The SMILES string of the molecule is CCC(C)C(=O)OC1CC(O)C2(C)COC3C4OC5CC(c6ccoc6)C(C)=C5C4(C)C(CC(=O)OC)C1(C)C32. The number of rotatable bonds is 6. The minimum absolute atomic E-state index is 0.111. The third-order valence-corrected chi connectivity index (χ3v) is 12.0. The quantitative estimate of drug-likeness (QED) is 0.394. The Bertz CT molecular complexity index is 1210. The fraction of sp³-hybridized carbons (Fsp3) is 0.750. The van der Waals surface area contributed by atoms with Crippen LogP contribution in [-0.2, 0) is 28.5 Å². The van der Waals surface area contributed by atoms with Crippen molar-refractivity contribution in [3.05, 3.63) is 35.3 Å². The van der Waals surface area contributed by atoms with Crippen LogP contribution in [0.5, 0.6) is 0 Å². The van der Waals surface area contributed by atoms with E-state index in [-0.39, 0.29) is 60.3 Å². The molecule has 12 unspecified atom stereocenters. The number of carbonyl (C=O) groups excluding carboxylic acids is 2. The standard InChI is InChI=1S/C32H44O8/c1-8-16(2)29(35)40-23-13-22(33)30(4)15-38-26-27(30)31(23,5)21(12-24(34)36-7)32(6)25-17(3)19(18-9-10-37-14-18)11-20(25)39-28(26)32/h9-10,14,16,19-23,26-28,33H,8,11-13,15H2,1-7H3. The lowest BCUT2D eigenvalue weighted by atomic mass is 9.40. The van der Waals surface area contributed by atoms with Crippen molar-refractivity contribution in [1.29, 1.82) is 0 Å². The average molecular weight is 557 g/mol. The number of carbonyl (C=O) groups is 2. The van der Waals surface area contributed by atoms with Crippen molar-refractivity contribution >= 4 is 11.9 Å². The van der Waals surface area contributed by atoms with Crippen LogP contribution in [0.2, 0.25) is 0 Å². The Labute approximate surface area is 236 Å². The second kappa shape index (κ2) is 9.43. The molecule has 1 aromatic heterocycles. The molecule has 6 rings (SSSR count). The van der Waals surface area contributed by atoms with E-state index in [1.54, 1.807) is 12.5 Å². The molecule has 0 amide bonds. The van der Waals surface area contributed by atoms with Crippen LogP contribution in [-0.4, -0.2) is 61.3 Å². The van der Waals surface area contributed by atoms with Gasteiger partial charge in [0.15, 0.2) is 0 Å². The van der Waals surface area contributed by atoms with Gasteiger partial charge in [-0.05, 0) is 42.9 Å². The normalized spacial score (nSPS) is 46.0. The molecule has 1 aromatic rings. The molecule has 2 saturated carbocycles. The molecule has 5 aliphatic rings. The minimum Gasteiger partial charge on any atom is -0.472 e. The first kappa shape index (κ1) is 28.0. The van der Waals surface area contributed by atoms with E-state index in [9.17, 15) is 14.7 Å². The van der Waals surface area contributed by atoms with Gasteiger partial charge < -0.3 is 28.5 Å². The van der Waals surface area contributed by atoms with E-state index < -0.39 is 28.5 Å². The Morgan fingerprint density at radius 1 is 1.23 bits per heavy atom. The molecule has 8 heteroatoms. The molecule has 0 spiro atoms. The van der Waals surface area contributed by atoms with E-state index in [4.69, 9.17) is 23.4 Å². The smallest absolute Gasteiger partial charge is 0.308 e. The summed E-state index contributed by atoms with van der Waals surface area (Å²) < 4.78 is 30.6. The molecule has 1 N–H and O–H groups in total. The lowest BCUT2D eigenvalue weighted by molar-refractivity contribution is -0.250. The van der Waals surface area contributed by atoms with Crippen molar-refractivity contribution in [2.75, 3.05) is 13.7 Å². The summed E-state index contributed by atoms with van der Waals surface area (Å²) in [7, 11) is 1.42. The zero-order valence-corrected chi connectivity index (χ0v) is 24.8. The second-order valence-corrected chi connectivity index (χ2v) is 13.7. The van der Waals surface area contributed by atoms with Gasteiger partial charge in [-0.2, -0.15) is 0 Å². The minimum atomic E-state index is -0.708. The van der Waals surface area contributed by atoms with Gasteiger partial charge in [-0.1, -0.05) is 40.2 Å². The van der Waals surface area contributed by atoms with Crippen LogP contribution in [0.1, 0.15) is 78.7 Å². The fourth-order valence-electron chi connectivity index (χ4n) is 9.74. The monoisotopic (exact) mass is 556 g/mol. The molecule has 40 heavy (non-hydrogen) atoms. The van der Waals surface area contributed by atoms with Gasteiger partial charge in [-0.3, -0.25) is 9.59 Å². The van der Waals surface area contributed by atoms with Gasteiger partial charge in [0.05, 0.1) is 56.6 Å². The third kappa shape index (κ3) is 3.54. The molecule has 2 saturated heterocycles. The summed E-state index contributed by atoms with van der Waals surface area (Å²) in [5.74, 6) is -1.08. The summed E-state index contributed by atoms with van der Waals surface area (Å²) in [5, 5.41) is 11.5. The van der Waals surface area contributed by atoms with Gasteiger partial charge in [0, 0.05) is 40.9 Å². The predicted octanol–water partition coefficient (Wildman–Crippen LogP) is 4.80. The van der Waals surface area contributed by atoms with E-state index in [1.807, 2.05) is 19.9 Å². The fourth-order valence-corrected chi connectivity index (χ4v) is 9.74. The first-order valence-corrected chi connectivity index (χ1v) is 14.9. The third-order valence-electron chi connectivity index (χ3n) is 12.0. The molecule has 8 nitrogen and oxygen atoms in total. The van der Waals surface area contributed by atoms with Crippen LogP contribution in [0, 0.1) is 34.0 Å². The number of aliphatic hydroxyl groups is 1. The largest absolute Gasteiger partial charge is 0.472 e. The molecule has 0 radical (unpaired) electrons. The Kier molecular flexibility index (Phi) is 6.60. The van der Waals surface area contributed by atoms with Crippen LogP contribution in [0.25, 0.3) is 0 Å². The number of ether oxygens (including phenoxy) is 4. The zero-order valence-electron chi connectivity index (χ0n) is 24.8.